The van der Waals surface area contributed by atoms with Crippen LogP contribution < -0.4 is 0 Å². The summed E-state index contributed by atoms with van der Waals surface area (Å²) in [5, 5.41) is 9.82. The lowest BCUT2D eigenvalue weighted by molar-refractivity contribution is 0.0606. The standard InChI is InChI=1S/C12H9NO2S/c1-7-3-8(6-13)9-5-11(12(14)15-2)16-10(9)4-7/h3-5H,1-2H3. The van der Waals surface area contributed by atoms with Gasteiger partial charge in [-0.1, -0.05) is 0 Å². The smallest absolute Gasteiger partial charge is 0.348 e. The fraction of sp³-hybridized carbons (Fsp3) is 0.167. The lowest BCUT2D eigenvalue weighted by Gasteiger charge is -1.95. The normalized spacial score (nSPS) is 10.1. The van der Waals surface area contributed by atoms with Crippen LogP contribution in [-0.4, -0.2) is 13.1 Å². The Balaban J connectivity index is 2.71. The van der Waals surface area contributed by atoms with Gasteiger partial charge in [-0.05, 0) is 30.7 Å². The molecule has 0 radical (unpaired) electrons. The third-order valence-corrected chi connectivity index (χ3v) is 3.35. The molecule has 1 aromatic heterocycles. The van der Waals surface area contributed by atoms with Crippen LogP contribution in [0, 0.1) is 18.3 Å². The molecular formula is C12H9NO2S. The topological polar surface area (TPSA) is 50.1 Å². The molecule has 3 nitrogen and oxygen atoms in total. The van der Waals surface area contributed by atoms with E-state index < -0.39 is 0 Å². The number of ether oxygens (including phenoxy) is 1. The lowest BCUT2D eigenvalue weighted by Crippen LogP contribution is -1.96. The fourth-order valence-electron chi connectivity index (χ4n) is 1.57. The van der Waals surface area contributed by atoms with Gasteiger partial charge in [0, 0.05) is 10.1 Å². The molecule has 0 aliphatic heterocycles. The van der Waals surface area contributed by atoms with Crippen LogP contribution in [0.4, 0.5) is 0 Å². The summed E-state index contributed by atoms with van der Waals surface area (Å²) in [6.45, 7) is 1.93. The second-order valence-electron chi connectivity index (χ2n) is 3.44. The Bertz CT molecular complexity index is 607. The van der Waals surface area contributed by atoms with Crippen molar-refractivity contribution in [2.45, 2.75) is 6.92 Å². The van der Waals surface area contributed by atoms with Crippen LogP contribution >= 0.6 is 11.3 Å². The number of hydrogen-bond donors (Lipinski definition) is 0. The van der Waals surface area contributed by atoms with Gasteiger partial charge in [-0.3, -0.25) is 0 Å². The third-order valence-electron chi connectivity index (χ3n) is 2.29. The van der Waals surface area contributed by atoms with Crippen molar-refractivity contribution in [3.05, 3.63) is 34.2 Å². The molecule has 2 aromatic rings. The maximum atomic E-state index is 11.4. The van der Waals surface area contributed by atoms with Crippen LogP contribution in [-0.2, 0) is 4.74 Å². The molecular weight excluding hydrogens is 222 g/mol. The van der Waals surface area contributed by atoms with Crippen LogP contribution in [0.2, 0.25) is 0 Å². The minimum Gasteiger partial charge on any atom is -0.465 e. The predicted molar refractivity (Wildman–Crippen MR) is 62.6 cm³/mol. The second kappa shape index (κ2) is 3.95. The van der Waals surface area contributed by atoms with E-state index in [1.165, 1.54) is 18.4 Å². The Hall–Kier alpha value is -1.86. The highest BCUT2D eigenvalue weighted by atomic mass is 32.1. The van der Waals surface area contributed by atoms with Crippen molar-refractivity contribution >= 4 is 27.4 Å². The highest BCUT2D eigenvalue weighted by molar-refractivity contribution is 7.20. The summed E-state index contributed by atoms with van der Waals surface area (Å²) in [7, 11) is 1.35. The fourth-order valence-corrected chi connectivity index (χ4v) is 2.67. The quantitative estimate of drug-likeness (QED) is 0.709. The zero-order valence-electron chi connectivity index (χ0n) is 8.90. The van der Waals surface area contributed by atoms with Gasteiger partial charge in [0.15, 0.2) is 0 Å². The van der Waals surface area contributed by atoms with E-state index in [0.717, 1.165) is 15.6 Å². The number of fused-ring (bicyclic) bond motifs is 1. The van der Waals surface area contributed by atoms with Crippen molar-refractivity contribution < 1.29 is 9.53 Å². The first-order valence-electron chi connectivity index (χ1n) is 4.68. The molecule has 2 rings (SSSR count). The minimum atomic E-state index is -0.359. The van der Waals surface area contributed by atoms with Gasteiger partial charge >= 0.3 is 5.97 Å². The molecule has 1 aromatic carbocycles. The molecule has 0 atom stereocenters. The van der Waals surface area contributed by atoms with Crippen LogP contribution in [0.1, 0.15) is 20.8 Å². The lowest BCUT2D eigenvalue weighted by atomic mass is 10.1. The van der Waals surface area contributed by atoms with E-state index in [-0.39, 0.29) is 5.97 Å². The first-order valence-corrected chi connectivity index (χ1v) is 5.50. The molecule has 1 heterocycles. The van der Waals surface area contributed by atoms with Gasteiger partial charge in [-0.2, -0.15) is 5.26 Å². The highest BCUT2D eigenvalue weighted by Crippen LogP contribution is 2.29. The molecule has 0 aliphatic carbocycles. The predicted octanol–water partition coefficient (Wildman–Crippen LogP) is 2.87. The van der Waals surface area contributed by atoms with Crippen LogP contribution in [0.15, 0.2) is 18.2 Å². The monoisotopic (exact) mass is 231 g/mol. The zero-order valence-corrected chi connectivity index (χ0v) is 9.72. The first-order chi connectivity index (χ1) is 7.65. The Morgan fingerprint density at radius 2 is 2.19 bits per heavy atom. The van der Waals surface area contributed by atoms with Gasteiger partial charge in [-0.15, -0.1) is 11.3 Å². The molecule has 4 heteroatoms. The van der Waals surface area contributed by atoms with E-state index in [0.29, 0.717) is 10.4 Å². The molecule has 80 valence electrons. The maximum absolute atomic E-state index is 11.4. The summed E-state index contributed by atoms with van der Waals surface area (Å²) in [6.07, 6.45) is 0. The van der Waals surface area contributed by atoms with Crippen molar-refractivity contribution in [3.8, 4) is 6.07 Å². The number of thiophene rings is 1. The number of carbonyl (C=O) groups is 1. The number of rotatable bonds is 1. The number of aryl methyl sites for hydroxylation is 1. The van der Waals surface area contributed by atoms with E-state index in [1.807, 2.05) is 19.1 Å². The molecule has 0 N–H and O–H groups in total. The van der Waals surface area contributed by atoms with Gasteiger partial charge in [-0.25, -0.2) is 4.79 Å². The van der Waals surface area contributed by atoms with Crippen LogP contribution in [0.3, 0.4) is 0 Å². The minimum absolute atomic E-state index is 0.359. The SMILES string of the molecule is COC(=O)c1cc2c(C#N)cc(C)cc2s1. The van der Waals surface area contributed by atoms with Gasteiger partial charge in [0.2, 0.25) is 0 Å². The molecule has 0 bridgehead atoms. The number of nitriles is 1. The summed E-state index contributed by atoms with van der Waals surface area (Å²) in [5.41, 5.74) is 1.61. The first kappa shape index (κ1) is 10.7. The molecule has 0 aliphatic rings. The van der Waals surface area contributed by atoms with Gasteiger partial charge in [0.1, 0.15) is 4.88 Å². The van der Waals surface area contributed by atoms with E-state index in [2.05, 4.69) is 10.8 Å². The van der Waals surface area contributed by atoms with Crippen molar-refractivity contribution in [2.75, 3.05) is 7.11 Å². The average Bonchev–Trinajstić information content (AvgIpc) is 2.70. The maximum Gasteiger partial charge on any atom is 0.348 e. The van der Waals surface area contributed by atoms with E-state index in [1.54, 1.807) is 6.07 Å². The van der Waals surface area contributed by atoms with Crippen molar-refractivity contribution in [2.24, 2.45) is 0 Å². The highest BCUT2D eigenvalue weighted by Gasteiger charge is 2.12. The van der Waals surface area contributed by atoms with E-state index >= 15 is 0 Å². The summed E-state index contributed by atoms with van der Waals surface area (Å²) >= 11 is 1.35. The Morgan fingerprint density at radius 1 is 1.44 bits per heavy atom. The molecule has 16 heavy (non-hydrogen) atoms. The Kier molecular flexibility index (Phi) is 2.63. The summed E-state index contributed by atoms with van der Waals surface area (Å²) in [4.78, 5) is 11.9. The Labute approximate surface area is 96.9 Å². The number of benzene rings is 1. The summed E-state index contributed by atoms with van der Waals surface area (Å²) in [6, 6.07) is 7.63. The molecule has 0 unspecified atom stereocenters. The van der Waals surface area contributed by atoms with E-state index in [4.69, 9.17) is 5.26 Å². The van der Waals surface area contributed by atoms with E-state index in [9.17, 15) is 4.79 Å². The van der Waals surface area contributed by atoms with Crippen molar-refractivity contribution in [1.29, 1.82) is 5.26 Å². The number of hydrogen-bond acceptors (Lipinski definition) is 4. The number of carbonyl (C=O) groups excluding carboxylic acids is 1. The largest absolute Gasteiger partial charge is 0.465 e. The van der Waals surface area contributed by atoms with Crippen LogP contribution in [0.5, 0.6) is 0 Å². The third kappa shape index (κ3) is 1.66. The zero-order chi connectivity index (χ0) is 11.7. The van der Waals surface area contributed by atoms with Crippen molar-refractivity contribution in [3.63, 3.8) is 0 Å². The van der Waals surface area contributed by atoms with Gasteiger partial charge < -0.3 is 4.74 Å². The molecule has 0 saturated carbocycles. The van der Waals surface area contributed by atoms with Crippen molar-refractivity contribution in [1.82, 2.24) is 0 Å². The van der Waals surface area contributed by atoms with Crippen LogP contribution in [0.25, 0.3) is 10.1 Å². The number of esters is 1. The average molecular weight is 231 g/mol. The summed E-state index contributed by atoms with van der Waals surface area (Å²) < 4.78 is 5.60. The second-order valence-corrected chi connectivity index (χ2v) is 4.52. The molecule has 0 fully saturated rings. The molecule has 0 saturated heterocycles. The molecule has 0 amide bonds. The molecule has 0 spiro atoms. The van der Waals surface area contributed by atoms with Gasteiger partial charge in [0.25, 0.3) is 0 Å². The Morgan fingerprint density at radius 3 is 2.81 bits per heavy atom. The summed E-state index contributed by atoms with van der Waals surface area (Å²) in [5.74, 6) is -0.359. The number of nitrogens with zero attached hydrogens (tertiary/aromatic N) is 1. The number of methoxy groups -OCH3 is 1. The van der Waals surface area contributed by atoms with Gasteiger partial charge in [0.05, 0.1) is 18.7 Å².